The molecule has 1 aromatic carbocycles. The van der Waals surface area contributed by atoms with Gasteiger partial charge in [0.25, 0.3) is 5.89 Å². The van der Waals surface area contributed by atoms with E-state index in [9.17, 15) is 4.79 Å². The Hall–Kier alpha value is -2.63. The van der Waals surface area contributed by atoms with E-state index in [2.05, 4.69) is 10.1 Å². The van der Waals surface area contributed by atoms with Gasteiger partial charge >= 0.3 is 5.63 Å². The summed E-state index contributed by atoms with van der Waals surface area (Å²) < 4.78 is 16.0. The molecule has 0 aliphatic carbocycles. The molecule has 0 fully saturated rings. The van der Waals surface area contributed by atoms with E-state index in [0.29, 0.717) is 23.0 Å². The topological polar surface area (TPSA) is 78.4 Å². The fourth-order valence-corrected chi connectivity index (χ4v) is 2.16. The number of hydrogen-bond donors (Lipinski definition) is 0. The van der Waals surface area contributed by atoms with Crippen LogP contribution in [0.1, 0.15) is 38.0 Å². The molecule has 0 saturated carbocycles. The van der Waals surface area contributed by atoms with Crippen molar-refractivity contribution in [1.82, 2.24) is 10.1 Å². The molecular weight excluding hydrogens is 296 g/mol. The van der Waals surface area contributed by atoms with Gasteiger partial charge in [-0.25, -0.2) is 4.79 Å². The van der Waals surface area contributed by atoms with Gasteiger partial charge in [0, 0.05) is 22.9 Å². The minimum Gasteiger partial charge on any atom is -0.484 e. The number of aryl methyl sites for hydroxylation is 1. The van der Waals surface area contributed by atoms with E-state index in [-0.39, 0.29) is 17.6 Å². The molecule has 120 valence electrons. The number of ether oxygens (including phenoxy) is 1. The first-order valence-corrected chi connectivity index (χ1v) is 7.33. The van der Waals surface area contributed by atoms with E-state index >= 15 is 0 Å². The van der Waals surface area contributed by atoms with Crippen molar-refractivity contribution in [2.75, 3.05) is 0 Å². The Labute approximate surface area is 133 Å². The van der Waals surface area contributed by atoms with Gasteiger partial charge in [0.05, 0.1) is 0 Å². The number of nitrogens with zero attached hydrogens (tertiary/aromatic N) is 2. The lowest BCUT2D eigenvalue weighted by atomic mass is 9.96. The highest BCUT2D eigenvalue weighted by Crippen LogP contribution is 2.23. The molecule has 6 heteroatoms. The van der Waals surface area contributed by atoms with Gasteiger partial charge in [-0.2, -0.15) is 4.98 Å². The molecule has 0 atom stereocenters. The second-order valence-corrected chi connectivity index (χ2v) is 6.46. The zero-order valence-electron chi connectivity index (χ0n) is 13.5. The van der Waals surface area contributed by atoms with Crippen LogP contribution in [0.3, 0.4) is 0 Å². The molecule has 0 amide bonds. The second-order valence-electron chi connectivity index (χ2n) is 6.46. The van der Waals surface area contributed by atoms with Gasteiger partial charge < -0.3 is 13.7 Å². The molecule has 0 N–H and O–H groups in total. The average molecular weight is 314 g/mol. The monoisotopic (exact) mass is 314 g/mol. The van der Waals surface area contributed by atoms with Gasteiger partial charge in [-0.3, -0.25) is 0 Å². The van der Waals surface area contributed by atoms with Crippen LogP contribution in [0.15, 0.2) is 38.0 Å². The van der Waals surface area contributed by atoms with E-state index in [4.69, 9.17) is 13.7 Å². The minimum absolute atomic E-state index is 0.157. The zero-order chi connectivity index (χ0) is 16.6. The summed E-state index contributed by atoms with van der Waals surface area (Å²) in [6.45, 7) is 8.05. The van der Waals surface area contributed by atoms with Crippen molar-refractivity contribution < 1.29 is 13.7 Å². The Morgan fingerprint density at radius 2 is 2.00 bits per heavy atom. The smallest absolute Gasteiger partial charge is 0.336 e. The van der Waals surface area contributed by atoms with Crippen LogP contribution < -0.4 is 10.4 Å². The number of aromatic nitrogens is 2. The molecule has 0 bridgehead atoms. The highest BCUT2D eigenvalue weighted by atomic mass is 16.5. The molecule has 0 radical (unpaired) electrons. The van der Waals surface area contributed by atoms with E-state index in [0.717, 1.165) is 10.9 Å². The van der Waals surface area contributed by atoms with Crippen molar-refractivity contribution in [2.45, 2.75) is 39.7 Å². The number of rotatable bonds is 3. The van der Waals surface area contributed by atoms with Crippen molar-refractivity contribution >= 4 is 11.0 Å². The maximum Gasteiger partial charge on any atom is 0.336 e. The molecule has 0 saturated heterocycles. The first kappa shape index (κ1) is 15.3. The Bertz CT molecular complexity index is 903. The third-order valence-corrected chi connectivity index (χ3v) is 3.42. The van der Waals surface area contributed by atoms with Gasteiger partial charge in [0.15, 0.2) is 12.4 Å². The van der Waals surface area contributed by atoms with Gasteiger partial charge in [0.1, 0.15) is 11.3 Å². The van der Waals surface area contributed by atoms with Gasteiger partial charge in [-0.1, -0.05) is 25.9 Å². The lowest BCUT2D eigenvalue weighted by Crippen LogP contribution is -2.13. The van der Waals surface area contributed by atoms with E-state index in [1.807, 2.05) is 39.8 Å². The fourth-order valence-electron chi connectivity index (χ4n) is 2.16. The standard InChI is InChI=1S/C17H18N2O4/c1-10-7-15(20)22-13-8-11(5-6-12(10)13)21-9-14-18-16(19-23-14)17(2,3)4/h5-8H,9H2,1-4H3. The third kappa shape index (κ3) is 3.26. The van der Waals surface area contributed by atoms with E-state index in [1.54, 1.807) is 6.07 Å². The molecule has 0 unspecified atom stereocenters. The lowest BCUT2D eigenvalue weighted by Gasteiger charge is -2.10. The average Bonchev–Trinajstić information content (AvgIpc) is 2.93. The van der Waals surface area contributed by atoms with Crippen molar-refractivity contribution in [3.63, 3.8) is 0 Å². The van der Waals surface area contributed by atoms with Crippen LogP contribution in [0, 0.1) is 6.92 Å². The lowest BCUT2D eigenvalue weighted by molar-refractivity contribution is 0.242. The fraction of sp³-hybridized carbons (Fsp3) is 0.353. The second kappa shape index (κ2) is 5.53. The van der Waals surface area contributed by atoms with Crippen molar-refractivity contribution in [3.8, 4) is 5.75 Å². The quantitative estimate of drug-likeness (QED) is 0.690. The first-order chi connectivity index (χ1) is 10.8. The van der Waals surface area contributed by atoms with E-state index in [1.165, 1.54) is 6.07 Å². The van der Waals surface area contributed by atoms with Crippen molar-refractivity contribution in [3.05, 3.63) is 52.0 Å². The first-order valence-electron chi connectivity index (χ1n) is 7.33. The van der Waals surface area contributed by atoms with Crippen molar-refractivity contribution in [1.29, 1.82) is 0 Å². The molecule has 3 rings (SSSR count). The highest BCUT2D eigenvalue weighted by molar-refractivity contribution is 5.81. The SMILES string of the molecule is Cc1cc(=O)oc2cc(OCc3nc(C(C)(C)C)no3)ccc12. The molecular formula is C17H18N2O4. The predicted octanol–water partition coefficient (Wildman–Crippen LogP) is 3.36. The number of fused-ring (bicyclic) bond motifs is 1. The highest BCUT2D eigenvalue weighted by Gasteiger charge is 2.21. The normalized spacial score (nSPS) is 11.8. The molecule has 2 aromatic heterocycles. The minimum atomic E-state index is -0.376. The summed E-state index contributed by atoms with van der Waals surface area (Å²) in [5, 5.41) is 4.83. The summed E-state index contributed by atoms with van der Waals surface area (Å²) in [5.74, 6) is 1.61. The molecule has 0 aliphatic rings. The number of hydrogen-bond acceptors (Lipinski definition) is 6. The summed E-state index contributed by atoms with van der Waals surface area (Å²) in [6.07, 6.45) is 0. The Morgan fingerprint density at radius 1 is 1.22 bits per heavy atom. The molecule has 3 aromatic rings. The van der Waals surface area contributed by atoms with Gasteiger partial charge in [0.2, 0.25) is 0 Å². The van der Waals surface area contributed by atoms with Gasteiger partial charge in [-0.15, -0.1) is 0 Å². The zero-order valence-corrected chi connectivity index (χ0v) is 13.5. The predicted molar refractivity (Wildman–Crippen MR) is 84.6 cm³/mol. The van der Waals surface area contributed by atoms with Crippen LogP contribution in [0.4, 0.5) is 0 Å². The largest absolute Gasteiger partial charge is 0.484 e. The summed E-state index contributed by atoms with van der Waals surface area (Å²) in [5.41, 5.74) is 0.813. The van der Waals surface area contributed by atoms with Crippen LogP contribution in [0.2, 0.25) is 0 Å². The molecule has 2 heterocycles. The summed E-state index contributed by atoms with van der Waals surface area (Å²) in [7, 11) is 0. The van der Waals surface area contributed by atoms with Crippen molar-refractivity contribution in [2.24, 2.45) is 0 Å². The summed E-state index contributed by atoms with van der Waals surface area (Å²) in [4.78, 5) is 15.8. The van der Waals surface area contributed by atoms with Gasteiger partial charge in [-0.05, 0) is 24.6 Å². The van der Waals surface area contributed by atoms with Crippen LogP contribution >= 0.6 is 0 Å². The maximum atomic E-state index is 11.5. The van der Waals surface area contributed by atoms with E-state index < -0.39 is 0 Å². The van der Waals surface area contributed by atoms with Crippen LogP contribution in [-0.2, 0) is 12.0 Å². The Balaban J connectivity index is 1.79. The molecule has 0 aliphatic heterocycles. The molecule has 0 spiro atoms. The summed E-state index contributed by atoms with van der Waals surface area (Å²) >= 11 is 0. The van der Waals surface area contributed by atoms with Crippen LogP contribution in [0.5, 0.6) is 5.75 Å². The molecule has 6 nitrogen and oxygen atoms in total. The Morgan fingerprint density at radius 3 is 2.70 bits per heavy atom. The van der Waals surface area contributed by atoms with Crippen LogP contribution in [0.25, 0.3) is 11.0 Å². The third-order valence-electron chi connectivity index (χ3n) is 3.42. The maximum absolute atomic E-state index is 11.5. The Kier molecular flexibility index (Phi) is 3.67. The number of benzene rings is 1. The van der Waals surface area contributed by atoms with Crippen LogP contribution in [-0.4, -0.2) is 10.1 Å². The summed E-state index contributed by atoms with van der Waals surface area (Å²) in [6, 6.07) is 6.83. The molecule has 23 heavy (non-hydrogen) atoms.